The van der Waals surface area contributed by atoms with Gasteiger partial charge in [0.15, 0.2) is 0 Å². The van der Waals surface area contributed by atoms with Crippen molar-refractivity contribution < 1.29 is 0 Å². The summed E-state index contributed by atoms with van der Waals surface area (Å²) in [5.74, 6) is 0. The molecule has 2 heteroatoms. The summed E-state index contributed by atoms with van der Waals surface area (Å²) in [7, 11) is 0. The maximum atomic E-state index is 5.73. The molecule has 1 aromatic rings. The second-order valence-electron chi connectivity index (χ2n) is 3.69. The van der Waals surface area contributed by atoms with E-state index in [1.807, 2.05) is 0 Å². The summed E-state index contributed by atoms with van der Waals surface area (Å²) in [6.45, 7) is 4.37. The Morgan fingerprint density at radius 3 is 3.07 bits per heavy atom. The lowest BCUT2D eigenvalue weighted by Crippen LogP contribution is -2.20. The average Bonchev–Trinajstić information content (AvgIpc) is 2.58. The number of hydrogen-bond acceptors (Lipinski definition) is 1. The Balaban J connectivity index is 2.07. The number of halogens is 1. The molecule has 0 fully saturated rings. The standard InChI is InChI=1S/C12H14ClN/c1-9(13)8-14-12-7-6-10-4-2-3-5-11(10)12/h2-5,12,14H,1,6-8H2/t12-/m1/s1. The first kappa shape index (κ1) is 9.75. The molecule has 0 aliphatic heterocycles. The molecule has 1 aliphatic rings. The molecule has 1 atom stereocenters. The van der Waals surface area contributed by atoms with Crippen LogP contribution in [0.25, 0.3) is 0 Å². The highest BCUT2D eigenvalue weighted by molar-refractivity contribution is 6.29. The number of nitrogens with one attached hydrogen (secondary N) is 1. The van der Waals surface area contributed by atoms with Crippen molar-refractivity contribution in [3.05, 3.63) is 47.0 Å². The minimum absolute atomic E-state index is 0.460. The van der Waals surface area contributed by atoms with Crippen molar-refractivity contribution in [1.29, 1.82) is 0 Å². The lowest BCUT2D eigenvalue weighted by molar-refractivity contribution is 0.562. The molecule has 0 spiro atoms. The Labute approximate surface area is 89.8 Å². The molecule has 14 heavy (non-hydrogen) atoms. The Kier molecular flexibility index (Phi) is 2.90. The first-order chi connectivity index (χ1) is 6.77. The molecule has 0 unspecified atom stereocenters. The number of fused-ring (bicyclic) bond motifs is 1. The van der Waals surface area contributed by atoms with Gasteiger partial charge in [-0.05, 0) is 24.0 Å². The van der Waals surface area contributed by atoms with Gasteiger partial charge in [-0.25, -0.2) is 0 Å². The fourth-order valence-corrected chi connectivity index (χ4v) is 2.08. The zero-order valence-electron chi connectivity index (χ0n) is 8.09. The van der Waals surface area contributed by atoms with Gasteiger partial charge in [-0.2, -0.15) is 0 Å². The maximum Gasteiger partial charge on any atom is 0.0329 e. The SMILES string of the molecule is C=C(Cl)CN[C@@H]1CCc2ccccc21. The van der Waals surface area contributed by atoms with Crippen LogP contribution in [0.2, 0.25) is 0 Å². The first-order valence-corrected chi connectivity index (χ1v) is 5.29. The van der Waals surface area contributed by atoms with E-state index in [1.165, 1.54) is 24.0 Å². The van der Waals surface area contributed by atoms with Gasteiger partial charge < -0.3 is 5.32 Å². The number of benzene rings is 1. The van der Waals surface area contributed by atoms with E-state index in [9.17, 15) is 0 Å². The fourth-order valence-electron chi connectivity index (χ4n) is 2.00. The van der Waals surface area contributed by atoms with Crippen LogP contribution in [0.5, 0.6) is 0 Å². The average molecular weight is 208 g/mol. The summed E-state index contributed by atoms with van der Waals surface area (Å²) < 4.78 is 0. The zero-order valence-corrected chi connectivity index (χ0v) is 8.85. The van der Waals surface area contributed by atoms with Gasteiger partial charge in [0, 0.05) is 17.6 Å². The van der Waals surface area contributed by atoms with E-state index >= 15 is 0 Å². The molecule has 0 aromatic heterocycles. The van der Waals surface area contributed by atoms with Crippen molar-refractivity contribution in [1.82, 2.24) is 5.32 Å². The van der Waals surface area contributed by atoms with E-state index in [2.05, 4.69) is 36.2 Å². The molecule has 0 radical (unpaired) electrons. The summed E-state index contributed by atoms with van der Waals surface area (Å²) in [5.41, 5.74) is 2.88. The van der Waals surface area contributed by atoms with E-state index in [0.29, 0.717) is 17.6 Å². The molecule has 0 saturated heterocycles. The summed E-state index contributed by atoms with van der Waals surface area (Å²) in [5, 5.41) is 4.08. The minimum Gasteiger partial charge on any atom is -0.305 e. The molecule has 1 N–H and O–H groups in total. The lowest BCUT2D eigenvalue weighted by atomic mass is 10.1. The summed E-state index contributed by atoms with van der Waals surface area (Å²) in [4.78, 5) is 0. The van der Waals surface area contributed by atoms with Crippen LogP contribution in [0.3, 0.4) is 0 Å². The lowest BCUT2D eigenvalue weighted by Gasteiger charge is -2.12. The molecular formula is C12H14ClN. The Hall–Kier alpha value is -0.790. The smallest absolute Gasteiger partial charge is 0.0329 e. The molecule has 0 saturated carbocycles. The highest BCUT2D eigenvalue weighted by Gasteiger charge is 2.20. The van der Waals surface area contributed by atoms with Crippen LogP contribution in [-0.4, -0.2) is 6.54 Å². The van der Waals surface area contributed by atoms with Crippen LogP contribution in [-0.2, 0) is 6.42 Å². The third-order valence-electron chi connectivity index (χ3n) is 2.67. The monoisotopic (exact) mass is 207 g/mol. The van der Waals surface area contributed by atoms with E-state index in [4.69, 9.17) is 11.6 Å². The van der Waals surface area contributed by atoms with Gasteiger partial charge in [0.1, 0.15) is 0 Å². The second kappa shape index (κ2) is 4.16. The highest BCUT2D eigenvalue weighted by atomic mass is 35.5. The van der Waals surface area contributed by atoms with E-state index < -0.39 is 0 Å². The van der Waals surface area contributed by atoms with Gasteiger partial charge in [-0.3, -0.25) is 0 Å². The van der Waals surface area contributed by atoms with Gasteiger partial charge in [0.2, 0.25) is 0 Å². The summed E-state index contributed by atoms with van der Waals surface area (Å²) in [6.07, 6.45) is 2.34. The third-order valence-corrected chi connectivity index (χ3v) is 2.81. The molecule has 1 aliphatic carbocycles. The predicted octanol–water partition coefficient (Wildman–Crippen LogP) is 3.02. The molecule has 2 rings (SSSR count). The highest BCUT2D eigenvalue weighted by Crippen LogP contribution is 2.30. The predicted molar refractivity (Wildman–Crippen MR) is 60.5 cm³/mol. The molecule has 0 heterocycles. The van der Waals surface area contributed by atoms with Gasteiger partial charge in [0.25, 0.3) is 0 Å². The topological polar surface area (TPSA) is 12.0 Å². The van der Waals surface area contributed by atoms with Crippen molar-refractivity contribution in [2.24, 2.45) is 0 Å². The number of rotatable bonds is 3. The van der Waals surface area contributed by atoms with Crippen molar-refractivity contribution in [3.63, 3.8) is 0 Å². The van der Waals surface area contributed by atoms with Crippen LogP contribution < -0.4 is 5.32 Å². The van der Waals surface area contributed by atoms with E-state index in [-0.39, 0.29) is 0 Å². The van der Waals surface area contributed by atoms with Crippen LogP contribution in [0.4, 0.5) is 0 Å². The number of hydrogen-bond donors (Lipinski definition) is 1. The zero-order chi connectivity index (χ0) is 9.97. The van der Waals surface area contributed by atoms with Crippen molar-refractivity contribution in [3.8, 4) is 0 Å². The van der Waals surface area contributed by atoms with E-state index in [0.717, 1.165) is 0 Å². The van der Waals surface area contributed by atoms with Crippen LogP contribution in [0, 0.1) is 0 Å². The van der Waals surface area contributed by atoms with Crippen LogP contribution >= 0.6 is 11.6 Å². The summed E-state index contributed by atoms with van der Waals surface area (Å²) >= 11 is 5.73. The Bertz CT molecular complexity index is 346. The van der Waals surface area contributed by atoms with Gasteiger partial charge in [-0.15, -0.1) is 0 Å². The Morgan fingerprint density at radius 1 is 1.50 bits per heavy atom. The minimum atomic E-state index is 0.460. The Morgan fingerprint density at radius 2 is 2.29 bits per heavy atom. The van der Waals surface area contributed by atoms with E-state index in [1.54, 1.807) is 0 Å². The molecule has 1 aromatic carbocycles. The van der Waals surface area contributed by atoms with Crippen molar-refractivity contribution in [2.75, 3.05) is 6.54 Å². The normalized spacial score (nSPS) is 19.4. The fraction of sp³-hybridized carbons (Fsp3) is 0.333. The van der Waals surface area contributed by atoms with Gasteiger partial charge >= 0.3 is 0 Å². The molecule has 74 valence electrons. The quantitative estimate of drug-likeness (QED) is 0.804. The molecule has 1 nitrogen and oxygen atoms in total. The third kappa shape index (κ3) is 1.99. The first-order valence-electron chi connectivity index (χ1n) is 4.92. The van der Waals surface area contributed by atoms with Crippen LogP contribution in [0.15, 0.2) is 35.9 Å². The molecule has 0 bridgehead atoms. The van der Waals surface area contributed by atoms with Crippen molar-refractivity contribution in [2.45, 2.75) is 18.9 Å². The maximum absolute atomic E-state index is 5.73. The second-order valence-corrected chi connectivity index (χ2v) is 4.22. The molecule has 0 amide bonds. The number of aryl methyl sites for hydroxylation is 1. The van der Waals surface area contributed by atoms with Gasteiger partial charge in [-0.1, -0.05) is 42.4 Å². The van der Waals surface area contributed by atoms with Crippen LogP contribution in [0.1, 0.15) is 23.6 Å². The van der Waals surface area contributed by atoms with Gasteiger partial charge in [0.05, 0.1) is 0 Å². The van der Waals surface area contributed by atoms with Crippen molar-refractivity contribution >= 4 is 11.6 Å². The largest absolute Gasteiger partial charge is 0.305 e. The molecular weight excluding hydrogens is 194 g/mol. The summed E-state index contributed by atoms with van der Waals surface area (Å²) in [6, 6.07) is 9.04.